The van der Waals surface area contributed by atoms with E-state index in [0.29, 0.717) is 18.7 Å². The van der Waals surface area contributed by atoms with Crippen LogP contribution < -0.4 is 0 Å². The van der Waals surface area contributed by atoms with Crippen LogP contribution in [0, 0.1) is 11.2 Å². The van der Waals surface area contributed by atoms with Crippen molar-refractivity contribution in [1.82, 2.24) is 14.8 Å². The van der Waals surface area contributed by atoms with Crippen LogP contribution in [0.25, 0.3) is 0 Å². The highest BCUT2D eigenvalue weighted by Crippen LogP contribution is 2.35. The van der Waals surface area contributed by atoms with Gasteiger partial charge in [0.2, 0.25) is 0 Å². The van der Waals surface area contributed by atoms with Gasteiger partial charge < -0.3 is 19.8 Å². The molecule has 3 heterocycles. The van der Waals surface area contributed by atoms with Crippen LogP contribution in [0.2, 0.25) is 0 Å². The number of carboxylic acids is 2. The zero-order valence-electron chi connectivity index (χ0n) is 22.0. The van der Waals surface area contributed by atoms with Gasteiger partial charge in [0.1, 0.15) is 5.82 Å². The van der Waals surface area contributed by atoms with Gasteiger partial charge in [-0.3, -0.25) is 14.7 Å². The Morgan fingerprint density at radius 1 is 0.905 bits per heavy atom. The number of pyridine rings is 1. The summed E-state index contributed by atoms with van der Waals surface area (Å²) in [5.74, 6) is -5.85. The third-order valence-electron chi connectivity index (χ3n) is 6.34. The van der Waals surface area contributed by atoms with Crippen molar-refractivity contribution < 1.29 is 60.1 Å². The third-order valence-corrected chi connectivity index (χ3v) is 6.34. The number of alkyl halides is 6. The number of aliphatic carboxylic acids is 2. The van der Waals surface area contributed by atoms with E-state index in [1.54, 1.807) is 18.3 Å². The average molecular weight is 612 g/mol. The Kier molecular flexibility index (Phi) is 12.2. The molecule has 1 spiro atoms. The van der Waals surface area contributed by atoms with Crippen molar-refractivity contribution in [3.63, 3.8) is 0 Å². The number of carbonyl (C=O) groups is 3. The summed E-state index contributed by atoms with van der Waals surface area (Å²) in [6.07, 6.45) is -4.61. The number of carboxylic acid groups (broad SMARTS) is 2. The first-order chi connectivity index (χ1) is 19.5. The Morgan fingerprint density at radius 3 is 1.93 bits per heavy atom. The fourth-order valence-corrected chi connectivity index (χ4v) is 4.23. The molecular formula is C26H28F7N3O6. The lowest BCUT2D eigenvalue weighted by molar-refractivity contribution is -0.193. The van der Waals surface area contributed by atoms with Gasteiger partial charge in [-0.2, -0.15) is 26.3 Å². The maximum Gasteiger partial charge on any atom is 0.490 e. The second kappa shape index (κ2) is 14.9. The molecule has 16 heteroatoms. The van der Waals surface area contributed by atoms with Gasteiger partial charge in [0, 0.05) is 56.1 Å². The number of rotatable bonds is 3. The molecule has 2 aromatic rings. The minimum absolute atomic E-state index is 0.0170. The fraction of sp³-hybridized carbons (Fsp3) is 0.462. The SMILES string of the molecule is O=C(O)C(F)(F)F.O=C(O)C(F)(F)F.O=C(c1ccc(F)cc1)N1CCC2(CC1)COCCN(Cc1cccnc1)C2. The minimum Gasteiger partial charge on any atom is -0.475 e. The van der Waals surface area contributed by atoms with Gasteiger partial charge in [-0.15, -0.1) is 0 Å². The number of nitrogens with zero attached hydrogens (tertiary/aromatic N) is 3. The normalized spacial score (nSPS) is 17.2. The summed E-state index contributed by atoms with van der Waals surface area (Å²) >= 11 is 0. The number of piperidine rings is 1. The highest BCUT2D eigenvalue weighted by atomic mass is 19.4. The Morgan fingerprint density at radius 2 is 1.45 bits per heavy atom. The molecule has 4 rings (SSSR count). The number of ether oxygens (including phenoxy) is 1. The van der Waals surface area contributed by atoms with Crippen LogP contribution >= 0.6 is 0 Å². The Hall–Kier alpha value is -3.79. The smallest absolute Gasteiger partial charge is 0.475 e. The quantitative estimate of drug-likeness (QED) is 0.495. The van der Waals surface area contributed by atoms with E-state index >= 15 is 0 Å². The van der Waals surface area contributed by atoms with E-state index < -0.39 is 24.3 Å². The summed E-state index contributed by atoms with van der Waals surface area (Å²) in [4.78, 5) is 39.0. The maximum atomic E-state index is 13.1. The van der Waals surface area contributed by atoms with E-state index in [-0.39, 0.29) is 17.1 Å². The number of aromatic nitrogens is 1. The van der Waals surface area contributed by atoms with Crippen LogP contribution in [0.3, 0.4) is 0 Å². The number of halogens is 7. The molecule has 2 fully saturated rings. The summed E-state index contributed by atoms with van der Waals surface area (Å²) in [5.41, 5.74) is 1.84. The largest absolute Gasteiger partial charge is 0.490 e. The Balaban J connectivity index is 0.000000367. The standard InChI is InChI=1S/C22H26FN3O2.2C2HF3O2/c23-20-5-3-19(4-6-20)21(27)26-10-7-22(8-11-26)16-25(12-13-28-17-22)15-18-2-1-9-24-14-18;2*3-2(4,5)1(6)7/h1-6,9,14H,7-8,10-13,15-17H2;2*(H,6,7). The molecular weight excluding hydrogens is 583 g/mol. The van der Waals surface area contributed by atoms with Gasteiger partial charge in [-0.05, 0) is 48.7 Å². The van der Waals surface area contributed by atoms with Crippen molar-refractivity contribution in [2.45, 2.75) is 31.7 Å². The van der Waals surface area contributed by atoms with Gasteiger partial charge >= 0.3 is 24.3 Å². The van der Waals surface area contributed by atoms with Crippen molar-refractivity contribution in [2.24, 2.45) is 5.41 Å². The van der Waals surface area contributed by atoms with E-state index in [2.05, 4.69) is 16.0 Å². The minimum atomic E-state index is -5.08. The van der Waals surface area contributed by atoms with Crippen LogP contribution in [0.15, 0.2) is 48.8 Å². The third kappa shape index (κ3) is 11.2. The van der Waals surface area contributed by atoms with Gasteiger partial charge in [0.25, 0.3) is 5.91 Å². The van der Waals surface area contributed by atoms with Crippen LogP contribution in [0.1, 0.15) is 28.8 Å². The molecule has 1 aromatic heterocycles. The molecule has 0 unspecified atom stereocenters. The summed E-state index contributed by atoms with van der Waals surface area (Å²) < 4.78 is 82.5. The molecule has 0 saturated carbocycles. The monoisotopic (exact) mass is 611 g/mol. The molecule has 1 aromatic carbocycles. The molecule has 9 nitrogen and oxygen atoms in total. The fourth-order valence-electron chi connectivity index (χ4n) is 4.23. The second-order valence-electron chi connectivity index (χ2n) is 9.53. The number of carbonyl (C=O) groups excluding carboxylic acids is 1. The number of benzene rings is 1. The molecule has 0 atom stereocenters. The number of likely N-dealkylation sites (tertiary alicyclic amines) is 1. The Bertz CT molecular complexity index is 1150. The predicted octanol–water partition coefficient (Wildman–Crippen LogP) is 4.24. The van der Waals surface area contributed by atoms with Crippen LogP contribution in [-0.4, -0.2) is 94.6 Å². The van der Waals surface area contributed by atoms with Gasteiger partial charge in [0.05, 0.1) is 13.2 Å². The first kappa shape index (κ1) is 34.4. The lowest BCUT2D eigenvalue weighted by atomic mass is 9.78. The molecule has 2 N–H and O–H groups in total. The van der Waals surface area contributed by atoms with E-state index in [1.165, 1.54) is 17.7 Å². The van der Waals surface area contributed by atoms with Gasteiger partial charge in [-0.1, -0.05) is 6.07 Å². The predicted molar refractivity (Wildman–Crippen MR) is 132 cm³/mol. The summed E-state index contributed by atoms with van der Waals surface area (Å²) in [7, 11) is 0. The highest BCUT2D eigenvalue weighted by molar-refractivity contribution is 5.94. The average Bonchev–Trinajstić information content (AvgIpc) is 3.11. The molecule has 1 amide bonds. The van der Waals surface area contributed by atoms with Crippen LogP contribution in [0.5, 0.6) is 0 Å². The molecule has 0 radical (unpaired) electrons. The lowest BCUT2D eigenvalue weighted by Gasteiger charge is -2.42. The van der Waals surface area contributed by atoms with Crippen molar-refractivity contribution in [2.75, 3.05) is 39.4 Å². The molecule has 232 valence electrons. The van der Waals surface area contributed by atoms with Crippen molar-refractivity contribution >= 4 is 17.8 Å². The van der Waals surface area contributed by atoms with Gasteiger partial charge in [-0.25, -0.2) is 14.0 Å². The second-order valence-corrected chi connectivity index (χ2v) is 9.53. The summed E-state index contributed by atoms with van der Waals surface area (Å²) in [6.45, 7) is 5.66. The van der Waals surface area contributed by atoms with E-state index in [0.717, 1.165) is 45.7 Å². The topological polar surface area (TPSA) is 120 Å². The van der Waals surface area contributed by atoms with Crippen molar-refractivity contribution in [1.29, 1.82) is 0 Å². The summed E-state index contributed by atoms with van der Waals surface area (Å²) in [6, 6.07) is 9.88. The highest BCUT2D eigenvalue weighted by Gasteiger charge is 2.40. The number of hydrogen-bond donors (Lipinski definition) is 2. The molecule has 42 heavy (non-hydrogen) atoms. The van der Waals surface area contributed by atoms with Crippen molar-refractivity contribution in [3.05, 3.63) is 65.7 Å². The lowest BCUT2D eigenvalue weighted by Crippen LogP contribution is -2.48. The molecule has 0 bridgehead atoms. The molecule has 2 aliphatic rings. The summed E-state index contributed by atoms with van der Waals surface area (Å²) in [5, 5.41) is 14.2. The first-order valence-electron chi connectivity index (χ1n) is 12.4. The first-order valence-corrected chi connectivity index (χ1v) is 12.4. The Labute approximate surface area is 235 Å². The van der Waals surface area contributed by atoms with E-state index in [4.69, 9.17) is 24.5 Å². The van der Waals surface area contributed by atoms with Crippen molar-refractivity contribution in [3.8, 4) is 0 Å². The molecule has 0 aliphatic carbocycles. The van der Waals surface area contributed by atoms with E-state index in [9.17, 15) is 35.5 Å². The number of hydrogen-bond acceptors (Lipinski definition) is 6. The van der Waals surface area contributed by atoms with Crippen LogP contribution in [-0.2, 0) is 20.9 Å². The molecule has 2 aliphatic heterocycles. The maximum absolute atomic E-state index is 13.1. The number of amides is 1. The van der Waals surface area contributed by atoms with E-state index in [1.807, 2.05) is 17.2 Å². The zero-order chi connectivity index (χ0) is 31.6. The zero-order valence-corrected chi connectivity index (χ0v) is 22.0. The van der Waals surface area contributed by atoms with Crippen LogP contribution in [0.4, 0.5) is 30.7 Å². The molecule has 2 saturated heterocycles. The van der Waals surface area contributed by atoms with Gasteiger partial charge in [0.15, 0.2) is 0 Å².